The number of rotatable bonds is 7. The molecule has 0 radical (unpaired) electrons. The molecule has 2 nitrogen and oxygen atoms in total. The van der Waals surface area contributed by atoms with Gasteiger partial charge in [-0.05, 0) is 31.9 Å². The van der Waals surface area contributed by atoms with Crippen LogP contribution in [0.15, 0.2) is 48.5 Å². The number of ether oxygens (including phenoxy) is 1. The van der Waals surface area contributed by atoms with Gasteiger partial charge < -0.3 is 10.1 Å². The maximum absolute atomic E-state index is 5.99. The maximum atomic E-state index is 5.99. The summed E-state index contributed by atoms with van der Waals surface area (Å²) in [5.41, 5.74) is 3.69. The van der Waals surface area contributed by atoms with Gasteiger partial charge in [0.15, 0.2) is 0 Å². The standard InChI is InChI=1S/C19H25NO.ClH/c1-4-16(3)20-13-18-7-5-6-8-19(18)21-14-17-11-9-15(2)10-12-17;/h5-12,16,20H,4,13-14H2,1-3H3;1H. The van der Waals surface area contributed by atoms with Gasteiger partial charge in [0.2, 0.25) is 0 Å². The highest BCUT2D eigenvalue weighted by Gasteiger charge is 2.05. The molecule has 0 saturated heterocycles. The van der Waals surface area contributed by atoms with Crippen molar-refractivity contribution in [3.63, 3.8) is 0 Å². The van der Waals surface area contributed by atoms with Crippen molar-refractivity contribution in [2.45, 2.75) is 46.4 Å². The number of benzene rings is 2. The van der Waals surface area contributed by atoms with Crippen molar-refractivity contribution in [3.8, 4) is 5.75 Å². The summed E-state index contributed by atoms with van der Waals surface area (Å²) in [7, 11) is 0. The average Bonchev–Trinajstić information content (AvgIpc) is 2.52. The second-order valence-electron chi connectivity index (χ2n) is 5.57. The molecule has 0 aliphatic rings. The van der Waals surface area contributed by atoms with Crippen LogP contribution in [0.4, 0.5) is 0 Å². The van der Waals surface area contributed by atoms with Crippen molar-refractivity contribution in [1.29, 1.82) is 0 Å². The predicted molar refractivity (Wildman–Crippen MR) is 95.8 cm³/mol. The van der Waals surface area contributed by atoms with Gasteiger partial charge in [0.05, 0.1) is 0 Å². The number of para-hydroxylation sites is 1. The molecule has 0 fully saturated rings. The Morgan fingerprint density at radius 3 is 2.41 bits per heavy atom. The van der Waals surface area contributed by atoms with Crippen LogP contribution in [-0.2, 0) is 13.2 Å². The molecule has 0 bridgehead atoms. The largest absolute Gasteiger partial charge is 0.489 e. The van der Waals surface area contributed by atoms with Crippen LogP contribution in [0.3, 0.4) is 0 Å². The smallest absolute Gasteiger partial charge is 0.124 e. The van der Waals surface area contributed by atoms with Gasteiger partial charge in [-0.15, -0.1) is 12.4 Å². The molecule has 120 valence electrons. The first-order valence-electron chi connectivity index (χ1n) is 7.68. The van der Waals surface area contributed by atoms with E-state index < -0.39 is 0 Å². The summed E-state index contributed by atoms with van der Waals surface area (Å²) in [5.74, 6) is 0.967. The van der Waals surface area contributed by atoms with Crippen molar-refractivity contribution in [1.82, 2.24) is 5.32 Å². The van der Waals surface area contributed by atoms with E-state index in [1.165, 1.54) is 16.7 Å². The fraction of sp³-hybridized carbons (Fsp3) is 0.368. The predicted octanol–water partition coefficient (Wildman–Crippen LogP) is 4.88. The maximum Gasteiger partial charge on any atom is 0.124 e. The first kappa shape index (κ1) is 18.5. The van der Waals surface area contributed by atoms with E-state index in [4.69, 9.17) is 4.74 Å². The lowest BCUT2D eigenvalue weighted by Crippen LogP contribution is -2.24. The van der Waals surface area contributed by atoms with E-state index >= 15 is 0 Å². The second kappa shape index (κ2) is 9.50. The lowest BCUT2D eigenvalue weighted by atomic mass is 10.1. The van der Waals surface area contributed by atoms with Crippen molar-refractivity contribution in [2.24, 2.45) is 0 Å². The Morgan fingerprint density at radius 1 is 1.05 bits per heavy atom. The molecule has 2 aromatic rings. The van der Waals surface area contributed by atoms with E-state index in [-0.39, 0.29) is 12.4 Å². The molecule has 3 heteroatoms. The second-order valence-corrected chi connectivity index (χ2v) is 5.57. The molecule has 2 aromatic carbocycles. The van der Waals surface area contributed by atoms with E-state index in [2.05, 4.69) is 62.5 Å². The van der Waals surface area contributed by atoms with Crippen molar-refractivity contribution < 1.29 is 4.74 Å². The first-order chi connectivity index (χ1) is 10.2. The highest BCUT2D eigenvalue weighted by molar-refractivity contribution is 5.85. The van der Waals surface area contributed by atoms with Crippen molar-refractivity contribution >= 4 is 12.4 Å². The molecular weight excluding hydrogens is 294 g/mol. The molecule has 0 aromatic heterocycles. The molecule has 1 atom stereocenters. The summed E-state index contributed by atoms with van der Waals surface area (Å²) in [6.45, 7) is 7.95. The molecule has 0 aliphatic heterocycles. The average molecular weight is 320 g/mol. The van der Waals surface area contributed by atoms with Gasteiger partial charge >= 0.3 is 0 Å². The lowest BCUT2D eigenvalue weighted by molar-refractivity contribution is 0.301. The van der Waals surface area contributed by atoms with Crippen LogP contribution >= 0.6 is 12.4 Å². The molecule has 0 heterocycles. The minimum absolute atomic E-state index is 0. The Kier molecular flexibility index (Phi) is 8.00. The molecule has 2 rings (SSSR count). The summed E-state index contributed by atoms with van der Waals surface area (Å²) < 4.78 is 5.99. The Morgan fingerprint density at radius 2 is 1.73 bits per heavy atom. The van der Waals surface area contributed by atoms with Crippen LogP contribution in [0.25, 0.3) is 0 Å². The molecule has 0 aliphatic carbocycles. The molecule has 22 heavy (non-hydrogen) atoms. The van der Waals surface area contributed by atoms with Crippen molar-refractivity contribution in [2.75, 3.05) is 0 Å². The third-order valence-corrected chi connectivity index (χ3v) is 3.74. The minimum Gasteiger partial charge on any atom is -0.489 e. The zero-order valence-corrected chi connectivity index (χ0v) is 14.5. The zero-order valence-electron chi connectivity index (χ0n) is 13.6. The normalized spacial score (nSPS) is 11.6. The van der Waals surface area contributed by atoms with Crippen LogP contribution in [0, 0.1) is 6.92 Å². The Labute approximate surface area is 140 Å². The van der Waals surface area contributed by atoms with E-state index in [0.717, 1.165) is 18.7 Å². The zero-order chi connectivity index (χ0) is 15.1. The number of nitrogens with one attached hydrogen (secondary N) is 1. The van der Waals surface area contributed by atoms with E-state index in [1.54, 1.807) is 0 Å². The van der Waals surface area contributed by atoms with Crippen LogP contribution < -0.4 is 10.1 Å². The summed E-state index contributed by atoms with van der Waals surface area (Å²) in [4.78, 5) is 0. The number of hydrogen-bond acceptors (Lipinski definition) is 2. The van der Waals surface area contributed by atoms with Crippen LogP contribution in [0.1, 0.15) is 37.0 Å². The van der Waals surface area contributed by atoms with Gasteiger partial charge in [0.25, 0.3) is 0 Å². The van der Waals surface area contributed by atoms with E-state index in [9.17, 15) is 0 Å². The molecule has 1 unspecified atom stereocenters. The quantitative estimate of drug-likeness (QED) is 0.785. The van der Waals surface area contributed by atoms with Gasteiger partial charge in [-0.3, -0.25) is 0 Å². The van der Waals surface area contributed by atoms with Crippen LogP contribution in [-0.4, -0.2) is 6.04 Å². The highest BCUT2D eigenvalue weighted by atomic mass is 35.5. The Hall–Kier alpha value is -1.51. The fourth-order valence-corrected chi connectivity index (χ4v) is 2.06. The third kappa shape index (κ3) is 5.70. The summed E-state index contributed by atoms with van der Waals surface area (Å²) in [5, 5.41) is 3.51. The fourth-order valence-electron chi connectivity index (χ4n) is 2.06. The summed E-state index contributed by atoms with van der Waals surface area (Å²) >= 11 is 0. The van der Waals surface area contributed by atoms with E-state index in [1.807, 2.05) is 12.1 Å². The van der Waals surface area contributed by atoms with Crippen molar-refractivity contribution in [3.05, 3.63) is 65.2 Å². The Bertz CT molecular complexity index is 554. The van der Waals surface area contributed by atoms with Crippen LogP contribution in [0.5, 0.6) is 5.75 Å². The van der Waals surface area contributed by atoms with Gasteiger partial charge in [-0.2, -0.15) is 0 Å². The first-order valence-corrected chi connectivity index (χ1v) is 7.68. The molecule has 1 N–H and O–H groups in total. The molecule has 0 amide bonds. The lowest BCUT2D eigenvalue weighted by Gasteiger charge is -2.15. The molecule has 0 saturated carbocycles. The van der Waals surface area contributed by atoms with Gasteiger partial charge in [-0.25, -0.2) is 0 Å². The van der Waals surface area contributed by atoms with Gasteiger partial charge in [0, 0.05) is 18.2 Å². The van der Waals surface area contributed by atoms with Gasteiger partial charge in [0.1, 0.15) is 12.4 Å². The van der Waals surface area contributed by atoms with E-state index in [0.29, 0.717) is 12.6 Å². The SMILES string of the molecule is CCC(C)NCc1ccccc1OCc1ccc(C)cc1.Cl. The number of aryl methyl sites for hydroxylation is 1. The topological polar surface area (TPSA) is 21.3 Å². The minimum atomic E-state index is 0. The molecular formula is C19H26ClNO. The monoisotopic (exact) mass is 319 g/mol. The molecule has 0 spiro atoms. The number of halogens is 1. The Balaban J connectivity index is 0.00000242. The summed E-state index contributed by atoms with van der Waals surface area (Å²) in [6, 6.07) is 17.3. The highest BCUT2D eigenvalue weighted by Crippen LogP contribution is 2.19. The van der Waals surface area contributed by atoms with Crippen LogP contribution in [0.2, 0.25) is 0 Å². The summed E-state index contributed by atoms with van der Waals surface area (Å²) in [6.07, 6.45) is 1.13. The third-order valence-electron chi connectivity index (χ3n) is 3.74. The van der Waals surface area contributed by atoms with Gasteiger partial charge in [-0.1, -0.05) is 55.0 Å². The number of hydrogen-bond donors (Lipinski definition) is 1.